The Kier molecular flexibility index (Phi) is 4.50. The second-order valence-electron chi connectivity index (χ2n) is 4.71. The van der Waals surface area contributed by atoms with Gasteiger partial charge in [-0.1, -0.05) is 18.2 Å². The summed E-state index contributed by atoms with van der Waals surface area (Å²) in [5, 5.41) is 0. The van der Waals surface area contributed by atoms with Crippen LogP contribution in [0.1, 0.15) is 35.8 Å². The van der Waals surface area contributed by atoms with Crippen molar-refractivity contribution in [3.63, 3.8) is 0 Å². The Morgan fingerprint density at radius 1 is 1.19 bits per heavy atom. The van der Waals surface area contributed by atoms with E-state index in [4.69, 9.17) is 0 Å². The molecule has 2 aromatic rings. The van der Waals surface area contributed by atoms with Crippen LogP contribution >= 0.6 is 0 Å². The third-order valence-electron chi connectivity index (χ3n) is 3.09. The number of hydrogen-bond donors (Lipinski definition) is 1. The van der Waals surface area contributed by atoms with Gasteiger partial charge in [-0.3, -0.25) is 9.78 Å². The number of aromatic nitrogens is 1. The fraction of sp³-hybridized carbons (Fsp3) is 0.200. The van der Waals surface area contributed by atoms with E-state index in [0.717, 1.165) is 5.56 Å². The molecule has 110 valence electrons. The van der Waals surface area contributed by atoms with Crippen LogP contribution in [0.3, 0.4) is 0 Å². The first kappa shape index (κ1) is 15.3. The highest BCUT2D eigenvalue weighted by atomic mass is 32.2. The fourth-order valence-electron chi connectivity index (χ4n) is 1.87. The molecule has 0 saturated heterocycles. The number of Topliss-reactive ketones (excluding diaryl/α,β-unsaturated/α-hetero) is 1. The quantitative estimate of drug-likeness (QED) is 0.860. The van der Waals surface area contributed by atoms with Crippen LogP contribution in [0.2, 0.25) is 0 Å². The number of nitrogens with zero attached hydrogens (tertiary/aromatic N) is 1. The minimum absolute atomic E-state index is 0.101. The number of carbonyl (C=O) groups is 1. The summed E-state index contributed by atoms with van der Waals surface area (Å²) < 4.78 is 27.1. The van der Waals surface area contributed by atoms with E-state index in [1.165, 1.54) is 31.2 Å². The third-order valence-corrected chi connectivity index (χ3v) is 4.64. The molecule has 1 unspecified atom stereocenters. The molecule has 0 aliphatic heterocycles. The van der Waals surface area contributed by atoms with Crippen LogP contribution in [0.5, 0.6) is 0 Å². The Morgan fingerprint density at radius 3 is 2.38 bits per heavy atom. The Bertz CT molecular complexity index is 725. The normalized spacial score (nSPS) is 12.9. The molecule has 0 aliphatic rings. The van der Waals surface area contributed by atoms with Crippen molar-refractivity contribution in [2.24, 2.45) is 0 Å². The first-order chi connectivity index (χ1) is 9.90. The molecule has 1 atom stereocenters. The number of benzene rings is 1. The highest BCUT2D eigenvalue weighted by molar-refractivity contribution is 7.89. The molecular formula is C15H16N2O3S. The van der Waals surface area contributed by atoms with E-state index in [-0.39, 0.29) is 10.7 Å². The Hall–Kier alpha value is -2.05. The molecule has 6 heteroatoms. The van der Waals surface area contributed by atoms with E-state index in [1.807, 2.05) is 0 Å². The lowest BCUT2D eigenvalue weighted by molar-refractivity contribution is 0.101. The number of carbonyl (C=O) groups excluding carboxylic acids is 1. The van der Waals surface area contributed by atoms with Crippen molar-refractivity contribution < 1.29 is 13.2 Å². The van der Waals surface area contributed by atoms with Crippen LogP contribution < -0.4 is 4.72 Å². The van der Waals surface area contributed by atoms with Crippen molar-refractivity contribution in [2.75, 3.05) is 0 Å². The van der Waals surface area contributed by atoms with Crippen molar-refractivity contribution in [1.29, 1.82) is 0 Å². The maximum atomic E-state index is 12.3. The lowest BCUT2D eigenvalue weighted by Gasteiger charge is -2.14. The highest BCUT2D eigenvalue weighted by Gasteiger charge is 2.18. The van der Waals surface area contributed by atoms with E-state index < -0.39 is 16.1 Å². The maximum absolute atomic E-state index is 12.3. The SMILES string of the molecule is CC(=O)c1ccc(S(=O)(=O)NC(C)c2cccnc2)cc1. The van der Waals surface area contributed by atoms with Crippen molar-refractivity contribution in [3.05, 3.63) is 59.9 Å². The summed E-state index contributed by atoms with van der Waals surface area (Å²) in [6.45, 7) is 3.19. The summed E-state index contributed by atoms with van der Waals surface area (Å²) >= 11 is 0. The molecule has 1 N–H and O–H groups in total. The zero-order chi connectivity index (χ0) is 15.5. The molecular weight excluding hydrogens is 288 g/mol. The van der Waals surface area contributed by atoms with Gasteiger partial charge < -0.3 is 0 Å². The molecule has 0 bridgehead atoms. The number of sulfonamides is 1. The number of ketones is 1. The van der Waals surface area contributed by atoms with Gasteiger partial charge in [0, 0.05) is 24.0 Å². The van der Waals surface area contributed by atoms with Gasteiger partial charge in [0.2, 0.25) is 10.0 Å². The van der Waals surface area contributed by atoms with Gasteiger partial charge in [0.25, 0.3) is 0 Å². The molecule has 0 radical (unpaired) electrons. The second-order valence-corrected chi connectivity index (χ2v) is 6.42. The van der Waals surface area contributed by atoms with Crippen molar-refractivity contribution in [1.82, 2.24) is 9.71 Å². The predicted molar refractivity (Wildman–Crippen MR) is 79.4 cm³/mol. The van der Waals surface area contributed by atoms with Gasteiger partial charge in [-0.2, -0.15) is 0 Å². The number of rotatable bonds is 5. The zero-order valence-electron chi connectivity index (χ0n) is 11.8. The molecule has 5 nitrogen and oxygen atoms in total. The lowest BCUT2D eigenvalue weighted by Crippen LogP contribution is -2.27. The smallest absolute Gasteiger partial charge is 0.241 e. The van der Waals surface area contributed by atoms with E-state index in [1.54, 1.807) is 31.5 Å². The van der Waals surface area contributed by atoms with Gasteiger partial charge in [0.15, 0.2) is 5.78 Å². The Morgan fingerprint density at radius 2 is 1.86 bits per heavy atom. The van der Waals surface area contributed by atoms with Gasteiger partial charge >= 0.3 is 0 Å². The summed E-state index contributed by atoms with van der Waals surface area (Å²) in [5.74, 6) is -0.101. The maximum Gasteiger partial charge on any atom is 0.241 e. The largest absolute Gasteiger partial charge is 0.295 e. The van der Waals surface area contributed by atoms with Gasteiger partial charge in [-0.15, -0.1) is 0 Å². The minimum atomic E-state index is -3.64. The molecule has 0 saturated carbocycles. The summed E-state index contributed by atoms with van der Waals surface area (Å²) in [6.07, 6.45) is 3.25. The monoisotopic (exact) mass is 304 g/mol. The molecule has 1 heterocycles. The van der Waals surface area contributed by atoms with Crippen molar-refractivity contribution >= 4 is 15.8 Å². The van der Waals surface area contributed by atoms with Crippen LogP contribution in [0.25, 0.3) is 0 Å². The summed E-state index contributed by atoms with van der Waals surface area (Å²) in [6, 6.07) is 9.03. The second kappa shape index (κ2) is 6.15. The summed E-state index contributed by atoms with van der Waals surface area (Å²) in [4.78, 5) is 15.3. The first-order valence-corrected chi connectivity index (χ1v) is 7.92. The summed E-state index contributed by atoms with van der Waals surface area (Å²) in [5.41, 5.74) is 1.26. The van der Waals surface area contributed by atoms with Crippen LogP contribution in [0, 0.1) is 0 Å². The van der Waals surface area contributed by atoms with Gasteiger partial charge in [-0.25, -0.2) is 13.1 Å². The molecule has 21 heavy (non-hydrogen) atoms. The van der Waals surface area contributed by atoms with E-state index in [9.17, 15) is 13.2 Å². The molecule has 0 fully saturated rings. The van der Waals surface area contributed by atoms with Crippen LogP contribution in [0.15, 0.2) is 53.7 Å². The molecule has 1 aromatic heterocycles. The Labute approximate surface area is 124 Å². The highest BCUT2D eigenvalue weighted by Crippen LogP contribution is 2.16. The number of hydrogen-bond acceptors (Lipinski definition) is 4. The topological polar surface area (TPSA) is 76.1 Å². The molecule has 0 aliphatic carbocycles. The van der Waals surface area contributed by atoms with E-state index in [2.05, 4.69) is 9.71 Å². The molecule has 0 amide bonds. The number of nitrogens with one attached hydrogen (secondary N) is 1. The Balaban J connectivity index is 2.20. The van der Waals surface area contributed by atoms with Crippen LogP contribution in [0.4, 0.5) is 0 Å². The van der Waals surface area contributed by atoms with Gasteiger partial charge in [0.05, 0.1) is 4.90 Å². The van der Waals surface area contributed by atoms with Crippen LogP contribution in [-0.2, 0) is 10.0 Å². The fourth-order valence-corrected chi connectivity index (χ4v) is 3.10. The molecule has 0 spiro atoms. The average Bonchev–Trinajstić information content (AvgIpc) is 2.48. The van der Waals surface area contributed by atoms with E-state index >= 15 is 0 Å². The predicted octanol–water partition coefficient (Wildman–Crippen LogP) is 2.32. The standard InChI is InChI=1S/C15H16N2O3S/c1-11(14-4-3-9-16-10-14)17-21(19,20)15-7-5-13(6-8-15)12(2)18/h3-11,17H,1-2H3. The van der Waals surface area contributed by atoms with Gasteiger partial charge in [0.1, 0.15) is 0 Å². The summed E-state index contributed by atoms with van der Waals surface area (Å²) in [7, 11) is -3.64. The van der Waals surface area contributed by atoms with Crippen molar-refractivity contribution in [2.45, 2.75) is 24.8 Å². The number of pyridine rings is 1. The lowest BCUT2D eigenvalue weighted by atomic mass is 10.2. The first-order valence-electron chi connectivity index (χ1n) is 6.43. The van der Waals surface area contributed by atoms with Crippen molar-refractivity contribution in [3.8, 4) is 0 Å². The van der Waals surface area contributed by atoms with Crippen LogP contribution in [-0.4, -0.2) is 19.2 Å². The van der Waals surface area contributed by atoms with Gasteiger partial charge in [-0.05, 0) is 37.6 Å². The average molecular weight is 304 g/mol. The third kappa shape index (κ3) is 3.74. The minimum Gasteiger partial charge on any atom is -0.295 e. The van der Waals surface area contributed by atoms with E-state index in [0.29, 0.717) is 5.56 Å². The zero-order valence-corrected chi connectivity index (χ0v) is 12.6. The molecule has 2 rings (SSSR count). The molecule has 1 aromatic carbocycles.